The van der Waals surface area contributed by atoms with E-state index in [1.807, 2.05) is 0 Å². The summed E-state index contributed by atoms with van der Waals surface area (Å²) in [6, 6.07) is 0. The van der Waals surface area contributed by atoms with Crippen LogP contribution in [0.15, 0.2) is 12.4 Å². The van der Waals surface area contributed by atoms with E-state index in [-0.39, 0.29) is 42.8 Å². The summed E-state index contributed by atoms with van der Waals surface area (Å²) in [6.07, 6.45) is 2.43. The van der Waals surface area contributed by atoms with Crippen molar-refractivity contribution in [1.82, 2.24) is 9.97 Å². The van der Waals surface area contributed by atoms with Crippen molar-refractivity contribution in [3.63, 3.8) is 0 Å². The molecule has 0 atom stereocenters. The van der Waals surface area contributed by atoms with Crippen molar-refractivity contribution in [2.24, 2.45) is 0 Å². The van der Waals surface area contributed by atoms with E-state index in [0.717, 1.165) is 0 Å². The molecule has 0 aromatic carbocycles. The molecule has 94 valence electrons. The van der Waals surface area contributed by atoms with E-state index in [9.17, 15) is 14.4 Å². The number of ketones is 1. The molecule has 7 nitrogen and oxygen atoms in total. The molecule has 1 aliphatic rings. The van der Waals surface area contributed by atoms with Crippen molar-refractivity contribution in [3.8, 4) is 0 Å². The van der Waals surface area contributed by atoms with Gasteiger partial charge in [0.1, 0.15) is 0 Å². The number of nitrogens with zero attached hydrogens (tertiary/aromatic N) is 3. The molecule has 0 saturated carbocycles. The predicted octanol–water partition coefficient (Wildman–Crippen LogP) is -0.0409. The fourth-order valence-corrected chi connectivity index (χ4v) is 1.55. The Balaban J connectivity index is 2.15. The molecule has 1 aliphatic heterocycles. The summed E-state index contributed by atoms with van der Waals surface area (Å²) < 4.78 is 4.78. The lowest BCUT2D eigenvalue weighted by molar-refractivity contribution is -0.121. The second-order valence-electron chi connectivity index (χ2n) is 3.69. The van der Waals surface area contributed by atoms with Crippen molar-refractivity contribution in [2.45, 2.75) is 13.3 Å². The maximum atomic E-state index is 11.4. The van der Waals surface area contributed by atoms with Gasteiger partial charge >= 0.3 is 5.97 Å². The maximum Gasteiger partial charge on any atom is 0.341 e. The Morgan fingerprint density at radius 3 is 2.56 bits per heavy atom. The Kier molecular flexibility index (Phi) is 3.31. The summed E-state index contributed by atoms with van der Waals surface area (Å²) in [5.74, 6) is -0.895. The molecule has 2 heterocycles. The van der Waals surface area contributed by atoms with Crippen molar-refractivity contribution in [3.05, 3.63) is 18.0 Å². The van der Waals surface area contributed by atoms with Gasteiger partial charge in [0.25, 0.3) is 0 Å². The van der Waals surface area contributed by atoms with Gasteiger partial charge < -0.3 is 4.74 Å². The zero-order chi connectivity index (χ0) is 13.1. The molecule has 1 amide bonds. The first-order valence-corrected chi connectivity index (χ1v) is 5.43. The summed E-state index contributed by atoms with van der Waals surface area (Å²) in [6.45, 7) is 1.94. The highest BCUT2D eigenvalue weighted by molar-refractivity contribution is 6.14. The zero-order valence-electron chi connectivity index (χ0n) is 9.75. The minimum atomic E-state index is -0.520. The number of rotatable bonds is 3. The molecule has 0 bridgehead atoms. The number of esters is 1. The Hall–Kier alpha value is -2.31. The maximum absolute atomic E-state index is 11.4. The van der Waals surface area contributed by atoms with Gasteiger partial charge in [-0.2, -0.15) is 0 Å². The highest BCUT2D eigenvalue weighted by atomic mass is 16.5. The summed E-state index contributed by atoms with van der Waals surface area (Å²) in [5.41, 5.74) is 0.207. The van der Waals surface area contributed by atoms with E-state index in [0.29, 0.717) is 0 Å². The van der Waals surface area contributed by atoms with Gasteiger partial charge in [0.15, 0.2) is 5.78 Å². The van der Waals surface area contributed by atoms with Crippen molar-refractivity contribution < 1.29 is 19.1 Å². The van der Waals surface area contributed by atoms with E-state index >= 15 is 0 Å². The summed E-state index contributed by atoms with van der Waals surface area (Å²) in [7, 11) is 0. The summed E-state index contributed by atoms with van der Waals surface area (Å²) in [4.78, 5) is 42.9. The third-order valence-corrected chi connectivity index (χ3v) is 2.37. The van der Waals surface area contributed by atoms with Crippen LogP contribution in [0.4, 0.5) is 5.95 Å². The van der Waals surface area contributed by atoms with Gasteiger partial charge in [-0.3, -0.25) is 14.5 Å². The van der Waals surface area contributed by atoms with E-state index in [1.165, 1.54) is 17.3 Å². The predicted molar refractivity (Wildman–Crippen MR) is 60.0 cm³/mol. The molecular formula is C11H11N3O4. The highest BCUT2D eigenvalue weighted by Crippen LogP contribution is 2.14. The smallest absolute Gasteiger partial charge is 0.341 e. The molecule has 0 spiro atoms. The van der Waals surface area contributed by atoms with Gasteiger partial charge in [-0.25, -0.2) is 14.8 Å². The molecule has 7 heteroatoms. The van der Waals surface area contributed by atoms with Crippen LogP contribution in [0.25, 0.3) is 0 Å². The first-order valence-electron chi connectivity index (χ1n) is 5.43. The first kappa shape index (κ1) is 12.2. The number of anilines is 1. The number of carbonyl (C=O) groups is 3. The standard InChI is InChI=1S/C11H11N3O4/c1-2-18-10(17)7-4-12-11(13-5-7)14-6-8(15)3-9(14)16/h4-5H,2-3,6H2,1H3. The highest BCUT2D eigenvalue weighted by Gasteiger charge is 2.30. The summed E-state index contributed by atoms with van der Waals surface area (Å²) in [5, 5.41) is 0. The number of carbonyl (C=O) groups excluding carboxylic acids is 3. The average molecular weight is 249 g/mol. The van der Waals surface area contributed by atoms with Crippen LogP contribution in [0.1, 0.15) is 23.7 Å². The van der Waals surface area contributed by atoms with Gasteiger partial charge in [0.05, 0.1) is 25.1 Å². The molecule has 1 saturated heterocycles. The van der Waals surface area contributed by atoms with Crippen LogP contribution in [0, 0.1) is 0 Å². The number of amides is 1. The fourth-order valence-electron chi connectivity index (χ4n) is 1.55. The van der Waals surface area contributed by atoms with Crippen LogP contribution in [0.3, 0.4) is 0 Å². The average Bonchev–Trinajstić information content (AvgIpc) is 2.69. The minimum absolute atomic E-state index is 0.0163. The van der Waals surface area contributed by atoms with Gasteiger partial charge in [-0.05, 0) is 6.92 Å². The topological polar surface area (TPSA) is 89.5 Å². The monoisotopic (exact) mass is 249 g/mol. The van der Waals surface area contributed by atoms with E-state index in [2.05, 4.69) is 9.97 Å². The van der Waals surface area contributed by atoms with Crippen molar-refractivity contribution >= 4 is 23.6 Å². The normalized spacial score (nSPS) is 15.1. The van der Waals surface area contributed by atoms with Crippen LogP contribution in [-0.2, 0) is 14.3 Å². The van der Waals surface area contributed by atoms with Crippen molar-refractivity contribution in [2.75, 3.05) is 18.1 Å². The molecule has 1 fully saturated rings. The van der Waals surface area contributed by atoms with Crippen LogP contribution in [-0.4, -0.2) is 40.8 Å². The Morgan fingerprint density at radius 1 is 1.39 bits per heavy atom. The van der Waals surface area contributed by atoms with Gasteiger partial charge in [0, 0.05) is 12.4 Å². The lowest BCUT2D eigenvalue weighted by Crippen LogP contribution is -2.26. The molecule has 0 N–H and O–H groups in total. The molecule has 0 radical (unpaired) electrons. The molecule has 2 rings (SSSR count). The third kappa shape index (κ3) is 2.34. The zero-order valence-corrected chi connectivity index (χ0v) is 9.75. The SMILES string of the molecule is CCOC(=O)c1cnc(N2CC(=O)CC2=O)nc1. The van der Waals surface area contributed by atoms with Crippen LogP contribution < -0.4 is 4.90 Å². The molecule has 0 aliphatic carbocycles. The largest absolute Gasteiger partial charge is 0.462 e. The molecule has 18 heavy (non-hydrogen) atoms. The Labute approximate surface area is 103 Å². The molecule has 1 aromatic rings. The first-order chi connectivity index (χ1) is 8.61. The lowest BCUT2D eigenvalue weighted by atomic mass is 10.3. The quantitative estimate of drug-likeness (QED) is 0.551. The van der Waals surface area contributed by atoms with E-state index < -0.39 is 5.97 Å². The molecular weight excluding hydrogens is 238 g/mol. The lowest BCUT2D eigenvalue weighted by Gasteiger charge is -2.11. The number of aromatic nitrogens is 2. The van der Waals surface area contributed by atoms with Crippen LogP contribution in [0.2, 0.25) is 0 Å². The Bertz CT molecular complexity index is 498. The van der Waals surface area contributed by atoms with E-state index in [1.54, 1.807) is 6.92 Å². The second kappa shape index (κ2) is 4.91. The molecule has 0 unspecified atom stereocenters. The van der Waals surface area contributed by atoms with Crippen LogP contribution in [0.5, 0.6) is 0 Å². The summed E-state index contributed by atoms with van der Waals surface area (Å²) >= 11 is 0. The number of hydrogen-bond acceptors (Lipinski definition) is 6. The van der Waals surface area contributed by atoms with Crippen molar-refractivity contribution in [1.29, 1.82) is 0 Å². The fraction of sp³-hybridized carbons (Fsp3) is 0.364. The van der Waals surface area contributed by atoms with Gasteiger partial charge in [0.2, 0.25) is 11.9 Å². The number of ether oxygens (including phenoxy) is 1. The Morgan fingerprint density at radius 2 is 2.06 bits per heavy atom. The number of Topliss-reactive ketones (excluding diaryl/α,β-unsaturated/α-hetero) is 1. The van der Waals surface area contributed by atoms with Crippen LogP contribution >= 0.6 is 0 Å². The van der Waals surface area contributed by atoms with E-state index in [4.69, 9.17) is 4.74 Å². The number of hydrogen-bond donors (Lipinski definition) is 0. The molecule has 1 aromatic heterocycles. The van der Waals surface area contributed by atoms with Gasteiger partial charge in [-0.15, -0.1) is 0 Å². The second-order valence-corrected chi connectivity index (χ2v) is 3.69. The minimum Gasteiger partial charge on any atom is -0.462 e. The third-order valence-electron chi connectivity index (χ3n) is 2.37. The van der Waals surface area contributed by atoms with Gasteiger partial charge in [-0.1, -0.05) is 0 Å².